The minimum Gasteiger partial charge on any atom is -0.497 e. The second kappa shape index (κ2) is 8.75. The largest absolute Gasteiger partial charge is 0.497 e. The van der Waals surface area contributed by atoms with E-state index in [0.29, 0.717) is 28.5 Å². The number of nitrogens with one attached hydrogen (secondary N) is 1. The number of anilines is 1. The van der Waals surface area contributed by atoms with Crippen molar-refractivity contribution in [2.45, 2.75) is 20.0 Å². The Morgan fingerprint density at radius 1 is 1.12 bits per heavy atom. The molecule has 0 aliphatic carbocycles. The number of carbonyl (C=O) groups is 2. The number of carboxylic acids is 1. The van der Waals surface area contributed by atoms with Gasteiger partial charge in [-0.3, -0.25) is 4.79 Å². The number of hydrogen-bond donors (Lipinski definition) is 2. The van der Waals surface area contributed by atoms with Crippen LogP contribution in [-0.4, -0.2) is 36.8 Å². The molecule has 0 aliphatic heterocycles. The molecule has 0 saturated carbocycles. The van der Waals surface area contributed by atoms with Crippen LogP contribution in [0.25, 0.3) is 0 Å². The monoisotopic (exact) mass is 359 g/mol. The van der Waals surface area contributed by atoms with Crippen LogP contribution in [0.1, 0.15) is 24.2 Å². The number of ether oxygens (including phenoxy) is 3. The van der Waals surface area contributed by atoms with E-state index in [1.807, 2.05) is 13.8 Å². The number of rotatable bonds is 8. The van der Waals surface area contributed by atoms with Crippen molar-refractivity contribution in [1.29, 1.82) is 0 Å². The summed E-state index contributed by atoms with van der Waals surface area (Å²) in [6.07, 6.45) is -0.0632. The molecule has 0 saturated heterocycles. The van der Waals surface area contributed by atoms with Crippen LogP contribution in [0.4, 0.5) is 5.69 Å². The Balaban J connectivity index is 2.21. The van der Waals surface area contributed by atoms with Crippen molar-refractivity contribution in [3.8, 4) is 17.2 Å². The summed E-state index contributed by atoms with van der Waals surface area (Å²) in [5, 5.41) is 11.5. The minimum absolute atomic E-state index is 0.0632. The van der Waals surface area contributed by atoms with Crippen LogP contribution < -0.4 is 19.5 Å². The Hall–Kier alpha value is -3.22. The maximum atomic E-state index is 12.6. The van der Waals surface area contributed by atoms with E-state index in [1.54, 1.807) is 36.4 Å². The first-order chi connectivity index (χ1) is 12.4. The number of amides is 1. The maximum absolute atomic E-state index is 12.6. The van der Waals surface area contributed by atoms with Crippen LogP contribution in [0.15, 0.2) is 42.5 Å². The Morgan fingerprint density at radius 3 is 2.54 bits per heavy atom. The quantitative estimate of drug-likeness (QED) is 0.752. The molecule has 7 nitrogen and oxygen atoms in total. The van der Waals surface area contributed by atoms with Gasteiger partial charge in [0.15, 0.2) is 6.61 Å². The molecular formula is C19H21NO6. The van der Waals surface area contributed by atoms with Gasteiger partial charge in [0.05, 0.1) is 18.9 Å². The van der Waals surface area contributed by atoms with E-state index in [9.17, 15) is 9.59 Å². The molecule has 0 unspecified atom stereocenters. The molecule has 2 aromatic rings. The van der Waals surface area contributed by atoms with Gasteiger partial charge in [-0.25, -0.2) is 4.79 Å². The van der Waals surface area contributed by atoms with Gasteiger partial charge in [0, 0.05) is 11.6 Å². The van der Waals surface area contributed by atoms with E-state index >= 15 is 0 Å². The first-order valence-electron chi connectivity index (χ1n) is 7.99. The summed E-state index contributed by atoms with van der Waals surface area (Å²) in [7, 11) is 1.53. The lowest BCUT2D eigenvalue weighted by Gasteiger charge is -2.16. The van der Waals surface area contributed by atoms with E-state index in [0.717, 1.165) is 0 Å². The molecule has 1 amide bonds. The molecule has 0 atom stereocenters. The van der Waals surface area contributed by atoms with Crippen molar-refractivity contribution in [2.75, 3.05) is 19.0 Å². The second-order valence-corrected chi connectivity index (χ2v) is 5.69. The summed E-state index contributed by atoms with van der Waals surface area (Å²) in [5.41, 5.74) is 0.797. The average Bonchev–Trinajstić information content (AvgIpc) is 2.61. The van der Waals surface area contributed by atoms with Crippen molar-refractivity contribution in [1.82, 2.24) is 0 Å². The highest BCUT2D eigenvalue weighted by atomic mass is 16.5. The molecule has 0 spiro atoms. The van der Waals surface area contributed by atoms with Gasteiger partial charge in [-0.2, -0.15) is 0 Å². The molecule has 7 heteroatoms. The highest BCUT2D eigenvalue weighted by Crippen LogP contribution is 2.30. The van der Waals surface area contributed by atoms with Crippen LogP contribution in [0.3, 0.4) is 0 Å². The summed E-state index contributed by atoms with van der Waals surface area (Å²) in [5.74, 6) is -0.0777. The van der Waals surface area contributed by atoms with Crippen LogP contribution >= 0.6 is 0 Å². The average molecular weight is 359 g/mol. The number of hydrogen-bond acceptors (Lipinski definition) is 5. The lowest BCUT2D eigenvalue weighted by Crippen LogP contribution is -2.15. The number of carbonyl (C=O) groups excluding carboxylic acids is 1. The summed E-state index contributed by atoms with van der Waals surface area (Å²) < 4.78 is 16.0. The molecular weight excluding hydrogens is 338 g/mol. The van der Waals surface area contributed by atoms with E-state index in [-0.39, 0.29) is 12.0 Å². The predicted octanol–water partition coefficient (Wildman–Crippen LogP) is 3.20. The highest BCUT2D eigenvalue weighted by molar-refractivity contribution is 6.05. The van der Waals surface area contributed by atoms with Crippen LogP contribution in [0.2, 0.25) is 0 Å². The van der Waals surface area contributed by atoms with Crippen LogP contribution in [0, 0.1) is 0 Å². The molecule has 138 valence electrons. The van der Waals surface area contributed by atoms with Crippen molar-refractivity contribution in [2.24, 2.45) is 0 Å². The first kappa shape index (κ1) is 19.1. The predicted molar refractivity (Wildman–Crippen MR) is 96.3 cm³/mol. The number of methoxy groups -OCH3 is 1. The van der Waals surface area contributed by atoms with E-state index in [4.69, 9.17) is 19.3 Å². The third kappa shape index (κ3) is 5.41. The minimum atomic E-state index is -1.09. The smallest absolute Gasteiger partial charge is 0.341 e. The van der Waals surface area contributed by atoms with E-state index in [2.05, 4.69) is 5.32 Å². The second-order valence-electron chi connectivity index (χ2n) is 5.69. The zero-order chi connectivity index (χ0) is 19.1. The Kier molecular flexibility index (Phi) is 6.43. The standard InChI is InChI=1S/C19H21NO6/c1-12(2)26-17-8-7-14(24-3)10-16(17)20-19(23)13-5-4-6-15(9-13)25-11-18(21)22/h4-10,12H,11H2,1-3H3,(H,20,23)(H,21,22). The number of benzene rings is 2. The Labute approximate surface area is 151 Å². The fraction of sp³-hybridized carbons (Fsp3) is 0.263. The molecule has 0 radical (unpaired) electrons. The molecule has 0 aliphatic rings. The fourth-order valence-electron chi connectivity index (χ4n) is 2.16. The third-order valence-corrected chi connectivity index (χ3v) is 3.26. The van der Waals surface area contributed by atoms with Crippen molar-refractivity contribution < 1.29 is 28.9 Å². The number of carboxylic acid groups (broad SMARTS) is 1. The molecule has 0 aromatic heterocycles. The van der Waals surface area contributed by atoms with Gasteiger partial charge >= 0.3 is 5.97 Å². The topological polar surface area (TPSA) is 94.1 Å². The molecule has 0 heterocycles. The normalized spacial score (nSPS) is 10.3. The highest BCUT2D eigenvalue weighted by Gasteiger charge is 2.13. The molecule has 0 fully saturated rings. The summed E-state index contributed by atoms with van der Waals surface area (Å²) in [6, 6.07) is 11.4. The van der Waals surface area contributed by atoms with Gasteiger partial charge < -0.3 is 24.6 Å². The lowest BCUT2D eigenvalue weighted by molar-refractivity contribution is -0.139. The van der Waals surface area contributed by atoms with Crippen LogP contribution in [0.5, 0.6) is 17.2 Å². The maximum Gasteiger partial charge on any atom is 0.341 e. The molecule has 2 rings (SSSR count). The van der Waals surface area contributed by atoms with Crippen LogP contribution in [-0.2, 0) is 4.79 Å². The third-order valence-electron chi connectivity index (χ3n) is 3.26. The van der Waals surface area contributed by atoms with Gasteiger partial charge in [-0.05, 0) is 44.2 Å². The zero-order valence-electron chi connectivity index (χ0n) is 14.8. The molecule has 2 N–H and O–H groups in total. The summed E-state index contributed by atoms with van der Waals surface area (Å²) in [4.78, 5) is 23.2. The van der Waals surface area contributed by atoms with Gasteiger partial charge in [-0.1, -0.05) is 6.07 Å². The van der Waals surface area contributed by atoms with Crippen molar-refractivity contribution in [3.63, 3.8) is 0 Å². The molecule has 0 bridgehead atoms. The summed E-state index contributed by atoms with van der Waals surface area (Å²) in [6.45, 7) is 3.30. The first-order valence-corrected chi connectivity index (χ1v) is 7.99. The van der Waals surface area contributed by atoms with Gasteiger partial charge in [0.1, 0.15) is 17.2 Å². The lowest BCUT2D eigenvalue weighted by atomic mass is 10.2. The SMILES string of the molecule is COc1ccc(OC(C)C)c(NC(=O)c2cccc(OCC(=O)O)c2)c1. The number of aliphatic carboxylic acids is 1. The molecule has 26 heavy (non-hydrogen) atoms. The zero-order valence-corrected chi connectivity index (χ0v) is 14.8. The van der Waals surface area contributed by atoms with Crippen molar-refractivity contribution >= 4 is 17.6 Å². The van der Waals surface area contributed by atoms with E-state index < -0.39 is 12.6 Å². The van der Waals surface area contributed by atoms with Gasteiger partial charge in [0.2, 0.25) is 0 Å². The fourth-order valence-corrected chi connectivity index (χ4v) is 2.16. The molecule has 2 aromatic carbocycles. The Morgan fingerprint density at radius 2 is 1.88 bits per heavy atom. The van der Waals surface area contributed by atoms with Gasteiger partial charge in [0.25, 0.3) is 5.91 Å². The van der Waals surface area contributed by atoms with E-state index in [1.165, 1.54) is 13.2 Å². The van der Waals surface area contributed by atoms with Crippen molar-refractivity contribution in [3.05, 3.63) is 48.0 Å². The Bertz CT molecular complexity index is 787. The summed E-state index contributed by atoms with van der Waals surface area (Å²) >= 11 is 0. The van der Waals surface area contributed by atoms with Gasteiger partial charge in [-0.15, -0.1) is 0 Å².